The van der Waals surface area contributed by atoms with Crippen LogP contribution in [0.3, 0.4) is 0 Å². The first-order valence-corrected chi connectivity index (χ1v) is 5.59. The molecule has 17 heavy (non-hydrogen) atoms. The number of rotatable bonds is 3. The first kappa shape index (κ1) is 11.5. The maximum absolute atomic E-state index is 11.7. The summed E-state index contributed by atoms with van der Waals surface area (Å²) < 4.78 is 6.78. The van der Waals surface area contributed by atoms with E-state index in [1.807, 2.05) is 18.3 Å². The molecular formula is C13H15NO3. The molecule has 0 bridgehead atoms. The Labute approximate surface area is 99.4 Å². The Morgan fingerprint density at radius 2 is 2.24 bits per heavy atom. The van der Waals surface area contributed by atoms with Gasteiger partial charge in [-0.05, 0) is 37.4 Å². The van der Waals surface area contributed by atoms with Gasteiger partial charge in [0, 0.05) is 12.3 Å². The second-order valence-corrected chi connectivity index (χ2v) is 3.89. The van der Waals surface area contributed by atoms with Crippen LogP contribution in [0.4, 0.5) is 0 Å². The van der Waals surface area contributed by atoms with Crippen molar-refractivity contribution in [2.45, 2.75) is 19.9 Å². The summed E-state index contributed by atoms with van der Waals surface area (Å²) in [5.41, 5.74) is 0.825. The number of hydrogen-bond acceptors (Lipinski definition) is 3. The summed E-state index contributed by atoms with van der Waals surface area (Å²) in [5.74, 6) is -0.0816. The van der Waals surface area contributed by atoms with E-state index in [1.165, 1.54) is 0 Å². The Balaban J connectivity index is 2.41. The summed E-state index contributed by atoms with van der Waals surface area (Å²) in [6, 6.07) is 6.60. The first-order chi connectivity index (χ1) is 8.13. The number of carbonyl (C=O) groups excluding carboxylic acids is 1. The van der Waals surface area contributed by atoms with Gasteiger partial charge in [0.05, 0.1) is 12.1 Å². The highest BCUT2D eigenvalue weighted by Gasteiger charge is 2.17. The van der Waals surface area contributed by atoms with E-state index in [0.29, 0.717) is 6.61 Å². The van der Waals surface area contributed by atoms with Crippen LogP contribution in [0.5, 0.6) is 5.75 Å². The standard InChI is InChI=1S/C13H15NO3/c1-3-17-13(16)9(2)14-7-6-10-4-5-11(15)8-12(10)14/h4-9,15H,3H2,1-2H3. The molecule has 90 valence electrons. The first-order valence-electron chi connectivity index (χ1n) is 5.59. The smallest absolute Gasteiger partial charge is 0.328 e. The van der Waals surface area contributed by atoms with Gasteiger partial charge in [-0.1, -0.05) is 0 Å². The summed E-state index contributed by atoms with van der Waals surface area (Å²) >= 11 is 0. The summed E-state index contributed by atoms with van der Waals surface area (Å²) in [7, 11) is 0. The van der Waals surface area contributed by atoms with Crippen LogP contribution in [0.25, 0.3) is 10.9 Å². The number of aromatic hydroxyl groups is 1. The summed E-state index contributed by atoms with van der Waals surface area (Å²) in [4.78, 5) is 11.7. The Morgan fingerprint density at radius 1 is 1.47 bits per heavy atom. The fourth-order valence-electron chi connectivity index (χ4n) is 1.85. The van der Waals surface area contributed by atoms with Gasteiger partial charge in [-0.3, -0.25) is 0 Å². The Hall–Kier alpha value is -1.97. The van der Waals surface area contributed by atoms with Crippen molar-refractivity contribution in [1.82, 2.24) is 4.57 Å². The molecule has 0 fully saturated rings. The SMILES string of the molecule is CCOC(=O)C(C)n1ccc2ccc(O)cc21. The lowest BCUT2D eigenvalue weighted by Crippen LogP contribution is -2.18. The van der Waals surface area contributed by atoms with Crippen LogP contribution in [0.1, 0.15) is 19.9 Å². The van der Waals surface area contributed by atoms with Gasteiger partial charge in [-0.25, -0.2) is 4.79 Å². The lowest BCUT2D eigenvalue weighted by Gasteiger charge is -2.13. The van der Waals surface area contributed by atoms with E-state index in [2.05, 4.69) is 0 Å². The Bertz CT molecular complexity index is 545. The highest BCUT2D eigenvalue weighted by Crippen LogP contribution is 2.24. The van der Waals surface area contributed by atoms with E-state index < -0.39 is 6.04 Å². The van der Waals surface area contributed by atoms with Crippen molar-refractivity contribution in [1.29, 1.82) is 0 Å². The lowest BCUT2D eigenvalue weighted by atomic mass is 10.2. The molecule has 4 heteroatoms. The van der Waals surface area contributed by atoms with Gasteiger partial charge in [-0.2, -0.15) is 0 Å². The van der Waals surface area contributed by atoms with Crippen LogP contribution in [0.15, 0.2) is 30.5 Å². The number of aromatic nitrogens is 1. The minimum Gasteiger partial charge on any atom is -0.508 e. The number of nitrogens with zero attached hydrogens (tertiary/aromatic N) is 1. The topological polar surface area (TPSA) is 51.5 Å². The zero-order valence-electron chi connectivity index (χ0n) is 9.88. The number of esters is 1. The summed E-state index contributed by atoms with van der Waals surface area (Å²) in [5, 5.41) is 10.5. The molecule has 1 aromatic heterocycles. The normalized spacial score (nSPS) is 12.6. The van der Waals surface area contributed by atoms with Gasteiger partial charge in [0.25, 0.3) is 0 Å². The Kier molecular flexibility index (Phi) is 3.04. The van der Waals surface area contributed by atoms with Crippen LogP contribution < -0.4 is 0 Å². The summed E-state index contributed by atoms with van der Waals surface area (Å²) in [6.07, 6.45) is 1.83. The van der Waals surface area contributed by atoms with Crippen molar-refractivity contribution in [3.63, 3.8) is 0 Å². The Morgan fingerprint density at radius 3 is 2.94 bits per heavy atom. The highest BCUT2D eigenvalue weighted by molar-refractivity contribution is 5.84. The molecule has 2 rings (SSSR count). The monoisotopic (exact) mass is 233 g/mol. The average Bonchev–Trinajstić information content (AvgIpc) is 2.71. The van der Waals surface area contributed by atoms with Gasteiger partial charge in [0.1, 0.15) is 11.8 Å². The molecule has 1 heterocycles. The summed E-state index contributed by atoms with van der Waals surface area (Å²) in [6.45, 7) is 3.93. The molecule has 0 radical (unpaired) electrons. The van der Waals surface area contributed by atoms with Crippen LogP contribution in [-0.2, 0) is 9.53 Å². The molecule has 1 N–H and O–H groups in total. The van der Waals surface area contributed by atoms with Gasteiger partial charge in [0.15, 0.2) is 0 Å². The van der Waals surface area contributed by atoms with E-state index in [9.17, 15) is 9.90 Å². The largest absolute Gasteiger partial charge is 0.508 e. The van der Waals surface area contributed by atoms with Crippen molar-refractivity contribution in [3.05, 3.63) is 30.5 Å². The third kappa shape index (κ3) is 2.11. The highest BCUT2D eigenvalue weighted by atomic mass is 16.5. The molecule has 1 atom stereocenters. The zero-order chi connectivity index (χ0) is 12.4. The number of phenols is 1. The van der Waals surface area contributed by atoms with E-state index in [-0.39, 0.29) is 11.7 Å². The number of hydrogen-bond donors (Lipinski definition) is 1. The van der Waals surface area contributed by atoms with E-state index >= 15 is 0 Å². The van der Waals surface area contributed by atoms with Gasteiger partial charge in [-0.15, -0.1) is 0 Å². The lowest BCUT2D eigenvalue weighted by molar-refractivity contribution is -0.146. The number of benzene rings is 1. The van der Waals surface area contributed by atoms with Gasteiger partial charge < -0.3 is 14.4 Å². The minimum atomic E-state index is -0.394. The quantitative estimate of drug-likeness (QED) is 0.828. The van der Waals surface area contributed by atoms with Crippen LogP contribution in [0, 0.1) is 0 Å². The number of fused-ring (bicyclic) bond motifs is 1. The molecule has 2 aromatic rings. The van der Waals surface area contributed by atoms with Crippen molar-refractivity contribution in [2.75, 3.05) is 6.61 Å². The molecule has 1 aromatic carbocycles. The molecule has 0 spiro atoms. The molecule has 0 aliphatic carbocycles. The van der Waals surface area contributed by atoms with Crippen molar-refractivity contribution >= 4 is 16.9 Å². The maximum Gasteiger partial charge on any atom is 0.328 e. The third-order valence-corrected chi connectivity index (χ3v) is 2.75. The fourth-order valence-corrected chi connectivity index (χ4v) is 1.85. The predicted octanol–water partition coefficient (Wildman–Crippen LogP) is 2.47. The fraction of sp³-hybridized carbons (Fsp3) is 0.308. The van der Waals surface area contributed by atoms with Crippen LogP contribution in [-0.4, -0.2) is 22.2 Å². The zero-order valence-corrected chi connectivity index (χ0v) is 9.88. The maximum atomic E-state index is 11.7. The second-order valence-electron chi connectivity index (χ2n) is 3.89. The molecular weight excluding hydrogens is 218 g/mol. The molecule has 0 aliphatic rings. The molecule has 0 saturated heterocycles. The average molecular weight is 233 g/mol. The predicted molar refractivity (Wildman–Crippen MR) is 64.9 cm³/mol. The number of ether oxygens (including phenoxy) is 1. The van der Waals surface area contributed by atoms with Gasteiger partial charge in [0.2, 0.25) is 0 Å². The molecule has 0 saturated carbocycles. The molecule has 0 aliphatic heterocycles. The number of carbonyl (C=O) groups is 1. The second kappa shape index (κ2) is 4.49. The van der Waals surface area contributed by atoms with Crippen LogP contribution >= 0.6 is 0 Å². The molecule has 0 amide bonds. The van der Waals surface area contributed by atoms with Crippen LogP contribution in [0.2, 0.25) is 0 Å². The number of phenolic OH excluding ortho intramolecular Hbond substituents is 1. The van der Waals surface area contributed by atoms with Crippen molar-refractivity contribution in [3.8, 4) is 5.75 Å². The molecule has 4 nitrogen and oxygen atoms in total. The van der Waals surface area contributed by atoms with Crippen molar-refractivity contribution < 1.29 is 14.6 Å². The minimum absolute atomic E-state index is 0.188. The van der Waals surface area contributed by atoms with Crippen molar-refractivity contribution in [2.24, 2.45) is 0 Å². The molecule has 1 unspecified atom stereocenters. The van der Waals surface area contributed by atoms with E-state index in [1.54, 1.807) is 30.5 Å². The third-order valence-electron chi connectivity index (χ3n) is 2.75. The van der Waals surface area contributed by atoms with Gasteiger partial charge >= 0.3 is 5.97 Å². The van der Waals surface area contributed by atoms with E-state index in [4.69, 9.17) is 4.74 Å². The van der Waals surface area contributed by atoms with E-state index in [0.717, 1.165) is 10.9 Å².